The van der Waals surface area contributed by atoms with Crippen LogP contribution in [0, 0.1) is 11.3 Å². The van der Waals surface area contributed by atoms with Gasteiger partial charge >= 0.3 is 0 Å². The number of nitrogens with zero attached hydrogens (tertiary/aromatic N) is 1. The lowest BCUT2D eigenvalue weighted by Gasteiger charge is -2.37. The van der Waals surface area contributed by atoms with E-state index in [4.69, 9.17) is 5.73 Å². The summed E-state index contributed by atoms with van der Waals surface area (Å²) in [5, 5.41) is 0. The monoisotopic (exact) mass is 224 g/mol. The first-order chi connectivity index (χ1) is 7.48. The molecule has 0 amide bonds. The summed E-state index contributed by atoms with van der Waals surface area (Å²) in [5.41, 5.74) is 6.74. The average Bonchev–Trinajstić information content (AvgIpc) is 2.66. The van der Waals surface area contributed by atoms with E-state index < -0.39 is 0 Å². The quantitative estimate of drug-likeness (QED) is 0.742. The van der Waals surface area contributed by atoms with E-state index in [9.17, 15) is 0 Å². The third-order valence-electron chi connectivity index (χ3n) is 4.70. The van der Waals surface area contributed by atoms with E-state index in [-0.39, 0.29) is 0 Å². The first-order valence-electron chi connectivity index (χ1n) is 6.98. The van der Waals surface area contributed by atoms with Crippen molar-refractivity contribution in [1.29, 1.82) is 0 Å². The average molecular weight is 224 g/mol. The van der Waals surface area contributed by atoms with Crippen molar-refractivity contribution >= 4 is 0 Å². The van der Waals surface area contributed by atoms with Gasteiger partial charge in [0.05, 0.1) is 0 Å². The van der Waals surface area contributed by atoms with Gasteiger partial charge in [-0.3, -0.25) is 4.90 Å². The SMILES string of the molecule is CC(C)(C)C1CCN(C2CCCCC2N)C1. The van der Waals surface area contributed by atoms with Gasteiger partial charge < -0.3 is 5.73 Å². The van der Waals surface area contributed by atoms with E-state index >= 15 is 0 Å². The minimum Gasteiger partial charge on any atom is -0.326 e. The molecule has 1 aliphatic heterocycles. The predicted molar refractivity (Wildman–Crippen MR) is 69.4 cm³/mol. The molecule has 0 aromatic rings. The third kappa shape index (κ3) is 2.60. The van der Waals surface area contributed by atoms with Gasteiger partial charge in [-0.05, 0) is 37.1 Å². The summed E-state index contributed by atoms with van der Waals surface area (Å²) in [7, 11) is 0. The van der Waals surface area contributed by atoms with E-state index in [0.29, 0.717) is 17.5 Å². The Labute approximate surface area is 101 Å². The Kier molecular flexibility index (Phi) is 3.60. The van der Waals surface area contributed by atoms with Gasteiger partial charge in [-0.1, -0.05) is 33.6 Å². The van der Waals surface area contributed by atoms with Crippen molar-refractivity contribution in [3.63, 3.8) is 0 Å². The van der Waals surface area contributed by atoms with Crippen LogP contribution < -0.4 is 5.73 Å². The fraction of sp³-hybridized carbons (Fsp3) is 1.00. The molecule has 0 bridgehead atoms. The lowest BCUT2D eigenvalue weighted by atomic mass is 9.80. The maximum atomic E-state index is 6.27. The number of likely N-dealkylation sites (tertiary alicyclic amines) is 1. The Morgan fingerprint density at radius 2 is 1.75 bits per heavy atom. The van der Waals surface area contributed by atoms with Gasteiger partial charge in [0.25, 0.3) is 0 Å². The minimum atomic E-state index is 0.437. The maximum absolute atomic E-state index is 6.27. The Hall–Kier alpha value is -0.0800. The molecule has 1 heterocycles. The summed E-state index contributed by atoms with van der Waals surface area (Å²) >= 11 is 0. The van der Waals surface area contributed by atoms with Gasteiger partial charge in [-0.25, -0.2) is 0 Å². The predicted octanol–water partition coefficient (Wildman–Crippen LogP) is 2.62. The zero-order valence-corrected chi connectivity index (χ0v) is 11.2. The Morgan fingerprint density at radius 1 is 1.06 bits per heavy atom. The van der Waals surface area contributed by atoms with Crippen molar-refractivity contribution in [2.75, 3.05) is 13.1 Å². The maximum Gasteiger partial charge on any atom is 0.0247 e. The van der Waals surface area contributed by atoms with E-state index in [1.54, 1.807) is 0 Å². The van der Waals surface area contributed by atoms with Gasteiger partial charge in [-0.2, -0.15) is 0 Å². The molecule has 2 N–H and O–H groups in total. The molecule has 2 fully saturated rings. The smallest absolute Gasteiger partial charge is 0.0247 e. The zero-order valence-electron chi connectivity index (χ0n) is 11.2. The minimum absolute atomic E-state index is 0.437. The molecule has 2 aliphatic rings. The van der Waals surface area contributed by atoms with E-state index in [1.807, 2.05) is 0 Å². The van der Waals surface area contributed by atoms with Gasteiger partial charge in [0.2, 0.25) is 0 Å². The van der Waals surface area contributed by atoms with Crippen molar-refractivity contribution in [1.82, 2.24) is 4.90 Å². The third-order valence-corrected chi connectivity index (χ3v) is 4.70. The fourth-order valence-corrected chi connectivity index (χ4v) is 3.39. The van der Waals surface area contributed by atoms with Gasteiger partial charge in [-0.15, -0.1) is 0 Å². The van der Waals surface area contributed by atoms with E-state index in [0.717, 1.165) is 5.92 Å². The molecule has 16 heavy (non-hydrogen) atoms. The normalized spacial score (nSPS) is 37.9. The van der Waals surface area contributed by atoms with Gasteiger partial charge in [0.1, 0.15) is 0 Å². The van der Waals surface area contributed by atoms with Crippen LogP contribution in [0.25, 0.3) is 0 Å². The highest BCUT2D eigenvalue weighted by molar-refractivity contribution is 4.92. The highest BCUT2D eigenvalue weighted by atomic mass is 15.2. The lowest BCUT2D eigenvalue weighted by Crippen LogP contribution is -2.48. The van der Waals surface area contributed by atoms with Crippen molar-refractivity contribution in [3.8, 4) is 0 Å². The molecule has 1 saturated heterocycles. The van der Waals surface area contributed by atoms with Crippen LogP contribution in [0.15, 0.2) is 0 Å². The Balaban J connectivity index is 1.92. The van der Waals surface area contributed by atoms with Crippen LogP contribution in [0.5, 0.6) is 0 Å². The number of rotatable bonds is 1. The summed E-state index contributed by atoms with van der Waals surface area (Å²) in [5.74, 6) is 0.863. The Morgan fingerprint density at radius 3 is 2.31 bits per heavy atom. The van der Waals surface area contributed by atoms with Crippen molar-refractivity contribution in [3.05, 3.63) is 0 Å². The summed E-state index contributed by atoms with van der Waals surface area (Å²) < 4.78 is 0. The molecule has 2 heteroatoms. The van der Waals surface area contributed by atoms with Crippen molar-refractivity contribution in [2.45, 2.75) is 65.0 Å². The second kappa shape index (κ2) is 4.66. The number of nitrogens with two attached hydrogens (primary N) is 1. The molecule has 2 nitrogen and oxygen atoms in total. The molecular formula is C14H28N2. The first kappa shape index (κ1) is 12.4. The van der Waals surface area contributed by atoms with E-state index in [2.05, 4.69) is 25.7 Å². The molecule has 0 spiro atoms. The summed E-state index contributed by atoms with van der Waals surface area (Å²) in [6.45, 7) is 9.69. The lowest BCUT2D eigenvalue weighted by molar-refractivity contribution is 0.147. The van der Waals surface area contributed by atoms with Crippen LogP contribution in [0.3, 0.4) is 0 Å². The zero-order chi connectivity index (χ0) is 11.8. The molecule has 1 aliphatic carbocycles. The van der Waals surface area contributed by atoms with Gasteiger partial charge in [0, 0.05) is 18.6 Å². The molecule has 0 aromatic carbocycles. The molecule has 2 rings (SSSR count). The topological polar surface area (TPSA) is 29.3 Å². The summed E-state index contributed by atoms with van der Waals surface area (Å²) in [4.78, 5) is 2.68. The largest absolute Gasteiger partial charge is 0.326 e. The van der Waals surface area contributed by atoms with Crippen LogP contribution in [0.2, 0.25) is 0 Å². The molecular weight excluding hydrogens is 196 g/mol. The number of hydrogen-bond acceptors (Lipinski definition) is 2. The highest BCUT2D eigenvalue weighted by Gasteiger charge is 2.36. The summed E-state index contributed by atoms with van der Waals surface area (Å²) in [6, 6.07) is 1.12. The van der Waals surface area contributed by atoms with Crippen molar-refractivity contribution < 1.29 is 0 Å². The van der Waals surface area contributed by atoms with Crippen LogP contribution >= 0.6 is 0 Å². The summed E-state index contributed by atoms with van der Waals surface area (Å²) in [6.07, 6.45) is 6.66. The van der Waals surface area contributed by atoms with Crippen molar-refractivity contribution in [2.24, 2.45) is 17.1 Å². The van der Waals surface area contributed by atoms with Crippen LogP contribution in [0.4, 0.5) is 0 Å². The fourth-order valence-electron chi connectivity index (χ4n) is 3.39. The highest BCUT2D eigenvalue weighted by Crippen LogP contribution is 2.36. The Bertz CT molecular complexity index is 231. The molecule has 1 saturated carbocycles. The van der Waals surface area contributed by atoms with Crippen LogP contribution in [0.1, 0.15) is 52.9 Å². The molecule has 94 valence electrons. The molecule has 0 aromatic heterocycles. The molecule has 0 radical (unpaired) electrons. The number of hydrogen-bond donors (Lipinski definition) is 1. The van der Waals surface area contributed by atoms with Gasteiger partial charge in [0.15, 0.2) is 0 Å². The second-order valence-electron chi connectivity index (χ2n) is 6.86. The van der Waals surface area contributed by atoms with Crippen LogP contribution in [-0.4, -0.2) is 30.1 Å². The second-order valence-corrected chi connectivity index (χ2v) is 6.86. The first-order valence-corrected chi connectivity index (χ1v) is 6.98. The molecule has 3 unspecified atom stereocenters. The molecule has 3 atom stereocenters. The van der Waals surface area contributed by atoms with E-state index in [1.165, 1.54) is 45.2 Å². The standard InChI is InChI=1S/C14H28N2/c1-14(2,3)11-8-9-16(10-11)13-7-5-4-6-12(13)15/h11-13H,4-10,15H2,1-3H3. The van der Waals surface area contributed by atoms with Crippen LogP contribution in [-0.2, 0) is 0 Å².